The van der Waals surface area contributed by atoms with Crippen molar-refractivity contribution in [2.24, 2.45) is 5.73 Å². The van der Waals surface area contributed by atoms with Gasteiger partial charge in [0, 0.05) is 11.5 Å². The van der Waals surface area contributed by atoms with Crippen LogP contribution >= 0.6 is 11.8 Å². The summed E-state index contributed by atoms with van der Waals surface area (Å²) >= 11 is 1.44. The summed E-state index contributed by atoms with van der Waals surface area (Å²) in [6, 6.07) is -0.809. The van der Waals surface area contributed by atoms with Gasteiger partial charge in [0.2, 0.25) is 0 Å². The Kier molecular flexibility index (Phi) is 5.38. The van der Waals surface area contributed by atoms with Crippen LogP contribution in [0.1, 0.15) is 13.3 Å². The van der Waals surface area contributed by atoms with E-state index in [1.54, 1.807) is 0 Å². The lowest BCUT2D eigenvalue weighted by molar-refractivity contribution is -0.194. The predicted octanol–water partition coefficient (Wildman–Crippen LogP) is 0.283. The highest BCUT2D eigenvalue weighted by molar-refractivity contribution is 7.99. The molecular weight excluding hydrogens is 218 g/mol. The van der Waals surface area contributed by atoms with Crippen LogP contribution in [0.25, 0.3) is 0 Å². The molecule has 1 saturated heterocycles. The van der Waals surface area contributed by atoms with Gasteiger partial charge in [-0.2, -0.15) is 11.8 Å². The summed E-state index contributed by atoms with van der Waals surface area (Å²) in [7, 11) is 0. The number of carbonyl (C=O) groups is 1. The van der Waals surface area contributed by atoms with E-state index in [0.29, 0.717) is 18.1 Å². The van der Waals surface area contributed by atoms with Crippen molar-refractivity contribution in [3.8, 4) is 0 Å². The minimum atomic E-state index is -0.971. The number of thioether (sulfide) groups is 1. The Balaban J connectivity index is 2.11. The second kappa shape index (κ2) is 6.32. The zero-order valence-corrected chi connectivity index (χ0v) is 9.53. The SMILES string of the molecule is CC1CCOC(CSCC(N)C(=O)O)O1. The minimum absolute atomic E-state index is 0.220. The van der Waals surface area contributed by atoms with Crippen LogP contribution in [0, 0.1) is 0 Å². The van der Waals surface area contributed by atoms with Crippen molar-refractivity contribution < 1.29 is 19.4 Å². The van der Waals surface area contributed by atoms with Gasteiger partial charge in [0.25, 0.3) is 0 Å². The summed E-state index contributed by atoms with van der Waals surface area (Å²) in [6.45, 7) is 2.71. The Morgan fingerprint density at radius 2 is 2.47 bits per heavy atom. The van der Waals surface area contributed by atoms with Gasteiger partial charge in [0.05, 0.1) is 12.7 Å². The highest BCUT2D eigenvalue weighted by Crippen LogP contribution is 2.16. The molecule has 0 spiro atoms. The number of hydrogen-bond acceptors (Lipinski definition) is 5. The molecule has 3 N–H and O–H groups in total. The standard InChI is InChI=1S/C9H17NO4S/c1-6-2-3-13-8(14-6)5-15-4-7(10)9(11)12/h6-8H,2-5,10H2,1H3,(H,11,12). The van der Waals surface area contributed by atoms with E-state index in [1.807, 2.05) is 6.92 Å². The average Bonchev–Trinajstić information content (AvgIpc) is 2.17. The van der Waals surface area contributed by atoms with Gasteiger partial charge in [-0.15, -0.1) is 0 Å². The van der Waals surface area contributed by atoms with Crippen molar-refractivity contribution in [2.45, 2.75) is 31.8 Å². The van der Waals surface area contributed by atoms with Crippen LogP contribution in [-0.2, 0) is 14.3 Å². The molecule has 1 rings (SSSR count). The first-order chi connectivity index (χ1) is 7.09. The van der Waals surface area contributed by atoms with E-state index in [4.69, 9.17) is 20.3 Å². The summed E-state index contributed by atoms with van der Waals surface area (Å²) in [4.78, 5) is 10.4. The van der Waals surface area contributed by atoms with Gasteiger partial charge in [-0.1, -0.05) is 0 Å². The Bertz CT molecular complexity index is 214. The lowest BCUT2D eigenvalue weighted by Gasteiger charge is -2.27. The Hall–Kier alpha value is -0.300. The first-order valence-electron chi connectivity index (χ1n) is 4.92. The number of rotatable bonds is 5. The van der Waals surface area contributed by atoms with Crippen LogP contribution in [-0.4, -0.2) is 47.6 Å². The van der Waals surface area contributed by atoms with Crippen LogP contribution in [0.4, 0.5) is 0 Å². The maximum absolute atomic E-state index is 10.4. The fourth-order valence-corrected chi connectivity index (χ4v) is 2.08. The molecule has 0 bridgehead atoms. The Morgan fingerprint density at radius 3 is 3.07 bits per heavy atom. The lowest BCUT2D eigenvalue weighted by Crippen LogP contribution is -2.35. The normalized spacial score (nSPS) is 28.7. The van der Waals surface area contributed by atoms with E-state index in [-0.39, 0.29) is 12.4 Å². The summed E-state index contributed by atoms with van der Waals surface area (Å²) in [5, 5.41) is 8.56. The van der Waals surface area contributed by atoms with Gasteiger partial charge < -0.3 is 20.3 Å². The first-order valence-corrected chi connectivity index (χ1v) is 6.08. The summed E-state index contributed by atoms with van der Waals surface area (Å²) < 4.78 is 10.9. The molecule has 1 aliphatic heterocycles. The fourth-order valence-electron chi connectivity index (χ4n) is 1.18. The fraction of sp³-hybridized carbons (Fsp3) is 0.889. The van der Waals surface area contributed by atoms with Crippen LogP contribution in [0.3, 0.4) is 0 Å². The molecule has 3 unspecified atom stereocenters. The van der Waals surface area contributed by atoms with Gasteiger partial charge in [-0.25, -0.2) is 0 Å². The number of aliphatic carboxylic acids is 1. The van der Waals surface area contributed by atoms with E-state index >= 15 is 0 Å². The molecule has 6 heteroatoms. The molecule has 0 aromatic heterocycles. The monoisotopic (exact) mass is 235 g/mol. The molecule has 0 saturated carbocycles. The van der Waals surface area contributed by atoms with Crippen LogP contribution < -0.4 is 5.73 Å². The van der Waals surface area contributed by atoms with Crippen molar-refractivity contribution in [3.63, 3.8) is 0 Å². The quantitative estimate of drug-likeness (QED) is 0.712. The Morgan fingerprint density at radius 1 is 1.73 bits per heavy atom. The van der Waals surface area contributed by atoms with E-state index in [2.05, 4.69) is 0 Å². The molecule has 5 nitrogen and oxygen atoms in total. The second-order valence-electron chi connectivity index (χ2n) is 3.52. The number of carboxylic acids is 1. The number of carboxylic acid groups (broad SMARTS) is 1. The summed E-state index contributed by atoms with van der Waals surface area (Å²) in [6.07, 6.45) is 0.910. The minimum Gasteiger partial charge on any atom is -0.480 e. The molecule has 0 radical (unpaired) electrons. The third kappa shape index (κ3) is 4.83. The largest absolute Gasteiger partial charge is 0.480 e. The van der Waals surface area contributed by atoms with Gasteiger partial charge in [0.15, 0.2) is 6.29 Å². The highest BCUT2D eigenvalue weighted by atomic mass is 32.2. The number of hydrogen-bond donors (Lipinski definition) is 2. The van der Waals surface area contributed by atoms with Crippen molar-refractivity contribution in [3.05, 3.63) is 0 Å². The molecule has 1 fully saturated rings. The molecule has 0 aromatic rings. The molecule has 0 aromatic carbocycles. The third-order valence-electron chi connectivity index (χ3n) is 2.08. The molecule has 88 valence electrons. The zero-order valence-electron chi connectivity index (χ0n) is 8.72. The maximum atomic E-state index is 10.4. The summed E-state index contributed by atoms with van der Waals surface area (Å²) in [5.74, 6) is 0.0412. The van der Waals surface area contributed by atoms with Crippen molar-refractivity contribution in [1.82, 2.24) is 0 Å². The molecule has 0 amide bonds. The highest BCUT2D eigenvalue weighted by Gasteiger charge is 2.20. The van der Waals surface area contributed by atoms with E-state index in [0.717, 1.165) is 6.42 Å². The average molecular weight is 235 g/mol. The molecular formula is C9H17NO4S. The van der Waals surface area contributed by atoms with Gasteiger partial charge in [-0.05, 0) is 13.3 Å². The van der Waals surface area contributed by atoms with Crippen molar-refractivity contribution >= 4 is 17.7 Å². The maximum Gasteiger partial charge on any atom is 0.321 e. The zero-order chi connectivity index (χ0) is 11.3. The predicted molar refractivity (Wildman–Crippen MR) is 57.8 cm³/mol. The van der Waals surface area contributed by atoms with E-state index < -0.39 is 12.0 Å². The molecule has 15 heavy (non-hydrogen) atoms. The molecule has 1 aliphatic rings. The first kappa shape index (κ1) is 12.8. The lowest BCUT2D eigenvalue weighted by atomic mass is 10.3. The molecule has 0 aliphatic carbocycles. The van der Waals surface area contributed by atoms with Crippen LogP contribution in [0.15, 0.2) is 0 Å². The molecule has 1 heterocycles. The van der Waals surface area contributed by atoms with Crippen molar-refractivity contribution in [2.75, 3.05) is 18.1 Å². The second-order valence-corrected chi connectivity index (χ2v) is 4.59. The van der Waals surface area contributed by atoms with E-state index in [1.165, 1.54) is 11.8 Å². The molecule has 3 atom stereocenters. The number of nitrogens with two attached hydrogens (primary N) is 1. The third-order valence-corrected chi connectivity index (χ3v) is 3.18. The Labute approximate surface area is 93.3 Å². The van der Waals surface area contributed by atoms with Gasteiger partial charge in [0.1, 0.15) is 6.04 Å². The van der Waals surface area contributed by atoms with Crippen LogP contribution in [0.5, 0.6) is 0 Å². The topological polar surface area (TPSA) is 81.8 Å². The van der Waals surface area contributed by atoms with E-state index in [9.17, 15) is 4.79 Å². The number of ether oxygens (including phenoxy) is 2. The van der Waals surface area contributed by atoms with Gasteiger partial charge in [-0.3, -0.25) is 4.79 Å². The summed E-state index contributed by atoms with van der Waals surface area (Å²) in [5.41, 5.74) is 5.36. The van der Waals surface area contributed by atoms with Crippen LogP contribution in [0.2, 0.25) is 0 Å². The van der Waals surface area contributed by atoms with Crippen molar-refractivity contribution in [1.29, 1.82) is 0 Å². The van der Waals surface area contributed by atoms with Gasteiger partial charge >= 0.3 is 5.97 Å². The smallest absolute Gasteiger partial charge is 0.321 e.